The molecule has 7 nitrogen and oxygen atoms in total. The minimum absolute atomic E-state index is 0.116. The van der Waals surface area contributed by atoms with Gasteiger partial charge in [-0.3, -0.25) is 4.79 Å². The molecule has 1 aliphatic rings. The van der Waals surface area contributed by atoms with Crippen LogP contribution in [0.2, 0.25) is 0 Å². The van der Waals surface area contributed by atoms with Crippen LogP contribution >= 0.6 is 0 Å². The highest BCUT2D eigenvalue weighted by atomic mass is 19.1. The van der Waals surface area contributed by atoms with E-state index >= 15 is 0 Å². The Morgan fingerprint density at radius 1 is 1.38 bits per heavy atom. The van der Waals surface area contributed by atoms with Gasteiger partial charge in [-0.05, 0) is 37.5 Å². The number of benzene rings is 1. The topological polar surface area (TPSA) is 95.9 Å². The molecule has 0 aliphatic carbocycles. The number of anilines is 1. The van der Waals surface area contributed by atoms with Crippen LogP contribution in [-0.2, 0) is 9.53 Å². The Hall–Kier alpha value is -2.64. The summed E-state index contributed by atoms with van der Waals surface area (Å²) >= 11 is 0. The van der Waals surface area contributed by atoms with Crippen LogP contribution in [0.25, 0.3) is 0 Å². The molecule has 8 heteroatoms. The maximum absolute atomic E-state index is 13.8. The van der Waals surface area contributed by atoms with Crippen LogP contribution in [0, 0.1) is 18.7 Å². The minimum atomic E-state index is -0.932. The first kappa shape index (κ1) is 17.7. The Bertz CT molecular complexity index is 677. The molecule has 0 bridgehead atoms. The van der Waals surface area contributed by atoms with E-state index in [9.17, 15) is 18.8 Å². The van der Waals surface area contributed by atoms with Gasteiger partial charge in [0, 0.05) is 18.8 Å². The van der Waals surface area contributed by atoms with Crippen molar-refractivity contribution < 1.29 is 28.6 Å². The molecule has 1 atom stereocenters. The first-order valence-electron chi connectivity index (χ1n) is 7.51. The van der Waals surface area contributed by atoms with Crippen molar-refractivity contribution in [2.24, 2.45) is 5.92 Å². The van der Waals surface area contributed by atoms with Crippen molar-refractivity contribution >= 4 is 23.7 Å². The number of aliphatic carboxylic acids is 1. The van der Waals surface area contributed by atoms with Gasteiger partial charge in [-0.15, -0.1) is 0 Å². The van der Waals surface area contributed by atoms with Gasteiger partial charge in [0.2, 0.25) is 0 Å². The van der Waals surface area contributed by atoms with Gasteiger partial charge in [0.15, 0.2) is 0 Å². The first-order chi connectivity index (χ1) is 11.3. The normalized spacial score (nSPS) is 17.3. The van der Waals surface area contributed by atoms with E-state index in [1.807, 2.05) is 0 Å². The third-order valence-corrected chi connectivity index (χ3v) is 4.10. The number of rotatable bonds is 3. The zero-order valence-electron chi connectivity index (χ0n) is 13.5. The number of nitrogens with one attached hydrogen (secondary N) is 1. The molecule has 0 radical (unpaired) electrons. The summed E-state index contributed by atoms with van der Waals surface area (Å²) in [6, 6.07) is 1.95. The molecule has 1 unspecified atom stereocenters. The number of likely N-dealkylation sites (tertiary alicyclic amines) is 1. The number of urea groups is 1. The number of hydrogen-bond donors (Lipinski definition) is 2. The molecule has 1 fully saturated rings. The number of methoxy groups -OCH3 is 1. The lowest BCUT2D eigenvalue weighted by atomic mass is 9.99. The summed E-state index contributed by atoms with van der Waals surface area (Å²) in [4.78, 5) is 36.5. The largest absolute Gasteiger partial charge is 0.481 e. The molecule has 2 rings (SSSR count). The average molecular weight is 338 g/mol. The molecule has 0 saturated carbocycles. The molecule has 130 valence electrons. The lowest BCUT2D eigenvalue weighted by molar-refractivity contribution is -0.143. The summed E-state index contributed by atoms with van der Waals surface area (Å²) in [5, 5.41) is 11.7. The number of halogens is 1. The van der Waals surface area contributed by atoms with E-state index in [-0.39, 0.29) is 23.4 Å². The second-order valence-corrected chi connectivity index (χ2v) is 5.64. The van der Waals surface area contributed by atoms with Gasteiger partial charge in [-0.25, -0.2) is 14.0 Å². The summed E-state index contributed by atoms with van der Waals surface area (Å²) in [6.45, 7) is 2.06. The Labute approximate surface area is 138 Å². The Kier molecular flexibility index (Phi) is 5.38. The Morgan fingerprint density at radius 3 is 2.71 bits per heavy atom. The number of amides is 2. The predicted octanol–water partition coefficient (Wildman–Crippen LogP) is 2.25. The monoisotopic (exact) mass is 338 g/mol. The summed E-state index contributed by atoms with van der Waals surface area (Å²) < 4.78 is 18.4. The van der Waals surface area contributed by atoms with Crippen molar-refractivity contribution in [1.82, 2.24) is 4.90 Å². The molecule has 0 spiro atoms. The lowest BCUT2D eigenvalue weighted by Crippen LogP contribution is -2.44. The molecule has 1 aromatic rings. The number of carboxylic acid groups (broad SMARTS) is 1. The van der Waals surface area contributed by atoms with Crippen LogP contribution in [0.1, 0.15) is 28.8 Å². The maximum Gasteiger partial charge on any atom is 0.341 e. The average Bonchev–Trinajstić information content (AvgIpc) is 2.57. The number of ether oxygens (including phenoxy) is 1. The highest BCUT2D eigenvalue weighted by molar-refractivity contribution is 5.96. The first-order valence-corrected chi connectivity index (χ1v) is 7.51. The molecule has 0 aromatic heterocycles. The second kappa shape index (κ2) is 7.29. The van der Waals surface area contributed by atoms with Crippen LogP contribution in [-0.4, -0.2) is 48.2 Å². The van der Waals surface area contributed by atoms with E-state index in [1.165, 1.54) is 17.9 Å². The fourth-order valence-corrected chi connectivity index (χ4v) is 2.72. The highest BCUT2D eigenvalue weighted by Crippen LogP contribution is 2.24. The van der Waals surface area contributed by atoms with Crippen LogP contribution < -0.4 is 5.32 Å². The fourth-order valence-electron chi connectivity index (χ4n) is 2.72. The summed E-state index contributed by atoms with van der Waals surface area (Å²) in [6.07, 6.45) is 1.13. The minimum Gasteiger partial charge on any atom is -0.481 e. The van der Waals surface area contributed by atoms with Crippen LogP contribution in [0.3, 0.4) is 0 Å². The predicted molar refractivity (Wildman–Crippen MR) is 83.4 cm³/mol. The van der Waals surface area contributed by atoms with Crippen LogP contribution in [0.5, 0.6) is 0 Å². The molecule has 2 N–H and O–H groups in total. The van der Waals surface area contributed by atoms with Crippen molar-refractivity contribution in [2.45, 2.75) is 19.8 Å². The SMILES string of the molecule is COC(=O)c1c(F)ccc(NC(=O)N2CCCC(C(=O)O)C2)c1C. The highest BCUT2D eigenvalue weighted by Gasteiger charge is 2.28. The second-order valence-electron chi connectivity index (χ2n) is 5.64. The van der Waals surface area contributed by atoms with E-state index in [2.05, 4.69) is 10.1 Å². The van der Waals surface area contributed by atoms with Crippen molar-refractivity contribution in [3.63, 3.8) is 0 Å². The standard InChI is InChI=1S/C16H19FN2O5/c1-9-12(6-5-11(17)13(9)15(22)24-2)18-16(23)19-7-3-4-10(8-19)14(20)21/h5-6,10H,3-4,7-8H2,1-2H3,(H,18,23)(H,20,21). The summed E-state index contributed by atoms with van der Waals surface area (Å²) in [5.74, 6) is -3.09. The number of hydrogen-bond acceptors (Lipinski definition) is 4. The van der Waals surface area contributed by atoms with Gasteiger partial charge in [0.25, 0.3) is 0 Å². The number of nitrogens with zero attached hydrogens (tertiary/aromatic N) is 1. The maximum atomic E-state index is 13.8. The number of carboxylic acids is 1. The van der Waals surface area contributed by atoms with Crippen molar-refractivity contribution in [2.75, 3.05) is 25.5 Å². The zero-order chi connectivity index (χ0) is 17.9. The smallest absolute Gasteiger partial charge is 0.341 e. The molecule has 1 saturated heterocycles. The van der Waals surface area contributed by atoms with Crippen LogP contribution in [0.4, 0.5) is 14.9 Å². The van der Waals surface area contributed by atoms with Gasteiger partial charge in [0.05, 0.1) is 13.0 Å². The zero-order valence-corrected chi connectivity index (χ0v) is 13.5. The van der Waals surface area contributed by atoms with E-state index in [0.29, 0.717) is 19.4 Å². The lowest BCUT2D eigenvalue weighted by Gasteiger charge is -2.31. The van der Waals surface area contributed by atoms with Crippen LogP contribution in [0.15, 0.2) is 12.1 Å². The Balaban J connectivity index is 2.17. The van der Waals surface area contributed by atoms with Gasteiger partial charge >= 0.3 is 18.0 Å². The number of piperidine rings is 1. The molecule has 24 heavy (non-hydrogen) atoms. The van der Waals surface area contributed by atoms with Crippen molar-refractivity contribution in [3.05, 3.63) is 29.1 Å². The third-order valence-electron chi connectivity index (χ3n) is 4.10. The molecule has 1 aromatic carbocycles. The summed E-state index contributed by atoms with van der Waals surface area (Å²) in [7, 11) is 1.15. The van der Waals surface area contributed by atoms with E-state index in [1.54, 1.807) is 0 Å². The van der Waals surface area contributed by atoms with Gasteiger partial charge in [-0.2, -0.15) is 0 Å². The van der Waals surface area contributed by atoms with Crippen molar-refractivity contribution in [3.8, 4) is 0 Å². The van der Waals surface area contributed by atoms with Gasteiger partial charge in [0.1, 0.15) is 11.4 Å². The molecule has 1 aliphatic heterocycles. The van der Waals surface area contributed by atoms with E-state index in [0.717, 1.165) is 13.2 Å². The molecule has 2 amide bonds. The van der Waals surface area contributed by atoms with Gasteiger partial charge in [-0.1, -0.05) is 0 Å². The van der Waals surface area contributed by atoms with E-state index < -0.39 is 29.7 Å². The number of carbonyl (C=O) groups excluding carboxylic acids is 2. The third kappa shape index (κ3) is 3.64. The number of carbonyl (C=O) groups is 3. The quantitative estimate of drug-likeness (QED) is 0.824. The van der Waals surface area contributed by atoms with Crippen molar-refractivity contribution in [1.29, 1.82) is 0 Å². The number of esters is 1. The molecular formula is C16H19FN2O5. The van der Waals surface area contributed by atoms with Gasteiger partial charge < -0.3 is 20.1 Å². The summed E-state index contributed by atoms with van der Waals surface area (Å²) in [5.41, 5.74) is 0.290. The van der Waals surface area contributed by atoms with E-state index in [4.69, 9.17) is 5.11 Å². The molecule has 1 heterocycles. The molecular weight excluding hydrogens is 319 g/mol. The Morgan fingerprint density at radius 2 is 2.08 bits per heavy atom. The fraction of sp³-hybridized carbons (Fsp3) is 0.438.